The van der Waals surface area contributed by atoms with Gasteiger partial charge in [0.15, 0.2) is 0 Å². The Morgan fingerprint density at radius 2 is 1.53 bits per heavy atom. The van der Waals surface area contributed by atoms with E-state index >= 15 is 0 Å². The summed E-state index contributed by atoms with van der Waals surface area (Å²) in [7, 11) is 0. The third kappa shape index (κ3) is 5.32. The molecule has 4 rings (SSSR count). The molecule has 1 N–H and O–H groups in total. The zero-order chi connectivity index (χ0) is 20.6. The highest BCUT2D eigenvalue weighted by molar-refractivity contribution is 7.18. The van der Waals surface area contributed by atoms with E-state index in [4.69, 9.17) is 4.74 Å². The van der Waals surface area contributed by atoms with Gasteiger partial charge in [0.1, 0.15) is 12.7 Å². The molecule has 0 aliphatic carbocycles. The Labute approximate surface area is 180 Å². The normalized spacial score (nSPS) is 11.1. The van der Waals surface area contributed by atoms with Crippen LogP contribution in [-0.2, 0) is 16.0 Å². The van der Waals surface area contributed by atoms with Gasteiger partial charge in [-0.05, 0) is 29.7 Å². The summed E-state index contributed by atoms with van der Waals surface area (Å²) in [5, 5.41) is 4.06. The molecule has 0 saturated heterocycles. The average Bonchev–Trinajstić information content (AvgIpc) is 3.21. The van der Waals surface area contributed by atoms with E-state index in [0.29, 0.717) is 6.54 Å². The van der Waals surface area contributed by atoms with Gasteiger partial charge in [-0.2, -0.15) is 0 Å². The number of thiazole rings is 1. The highest BCUT2D eigenvalue weighted by Crippen LogP contribution is 2.25. The van der Waals surface area contributed by atoms with Crippen molar-refractivity contribution in [1.29, 1.82) is 0 Å². The fraction of sp³-hybridized carbons (Fsp3) is 0.200. The zero-order valence-electron chi connectivity index (χ0n) is 16.7. The summed E-state index contributed by atoms with van der Waals surface area (Å²) in [4.78, 5) is 17.0. The molecule has 0 saturated carbocycles. The topological polar surface area (TPSA) is 51.2 Å². The van der Waals surface area contributed by atoms with Gasteiger partial charge in [-0.3, -0.25) is 4.79 Å². The van der Waals surface area contributed by atoms with Crippen LogP contribution >= 0.6 is 11.3 Å². The summed E-state index contributed by atoms with van der Waals surface area (Å²) in [5.41, 5.74) is 3.11. The molecule has 1 amide bonds. The predicted molar refractivity (Wildman–Crippen MR) is 122 cm³/mol. The second kappa shape index (κ2) is 10.1. The van der Waals surface area contributed by atoms with Gasteiger partial charge in [0.2, 0.25) is 5.91 Å². The lowest BCUT2D eigenvalue weighted by Crippen LogP contribution is -2.29. The number of aromatic nitrogens is 1. The van der Waals surface area contributed by atoms with Crippen LogP contribution in [-0.4, -0.2) is 24.0 Å². The van der Waals surface area contributed by atoms with Gasteiger partial charge in [0.05, 0.1) is 15.2 Å². The Morgan fingerprint density at radius 1 is 0.900 bits per heavy atom. The second-order valence-electron chi connectivity index (χ2n) is 7.04. The van der Waals surface area contributed by atoms with Gasteiger partial charge in [0, 0.05) is 13.0 Å². The van der Waals surface area contributed by atoms with E-state index in [9.17, 15) is 4.79 Å². The number of nitrogens with zero attached hydrogens (tertiary/aromatic N) is 1. The van der Waals surface area contributed by atoms with Crippen LogP contribution in [0.1, 0.15) is 28.7 Å². The van der Waals surface area contributed by atoms with Gasteiger partial charge >= 0.3 is 0 Å². The molecule has 1 heterocycles. The first-order valence-corrected chi connectivity index (χ1v) is 10.9. The maximum atomic E-state index is 12.3. The first kappa shape index (κ1) is 20.3. The van der Waals surface area contributed by atoms with Crippen molar-refractivity contribution in [2.24, 2.45) is 0 Å². The molecular formula is C25H24N2O2S. The van der Waals surface area contributed by atoms with Gasteiger partial charge < -0.3 is 10.1 Å². The van der Waals surface area contributed by atoms with Crippen molar-refractivity contribution in [3.8, 4) is 0 Å². The summed E-state index contributed by atoms with van der Waals surface area (Å²) < 4.78 is 7.22. The Hall–Kier alpha value is -3.02. The largest absolute Gasteiger partial charge is 0.359 e. The molecule has 0 aliphatic rings. The van der Waals surface area contributed by atoms with Gasteiger partial charge in [0.25, 0.3) is 0 Å². The fourth-order valence-electron chi connectivity index (χ4n) is 3.34. The quantitative estimate of drug-likeness (QED) is 0.384. The molecule has 3 aromatic carbocycles. The van der Waals surface area contributed by atoms with E-state index in [0.717, 1.165) is 34.5 Å². The van der Waals surface area contributed by atoms with Crippen LogP contribution in [0.2, 0.25) is 0 Å². The number of aryl methyl sites for hydroxylation is 1. The maximum Gasteiger partial charge on any atom is 0.246 e. The Morgan fingerprint density at radius 3 is 2.20 bits per heavy atom. The lowest BCUT2D eigenvalue weighted by atomic mass is 10.0. The molecule has 0 bridgehead atoms. The van der Waals surface area contributed by atoms with Crippen molar-refractivity contribution in [3.05, 3.63) is 101 Å². The van der Waals surface area contributed by atoms with E-state index in [1.165, 1.54) is 4.70 Å². The number of fused-ring (bicyclic) bond motifs is 1. The monoisotopic (exact) mass is 416 g/mol. The minimum atomic E-state index is -0.263. The standard InChI is InChI=1S/C25H24N2O2S/c28-23(26-17-9-16-24-27-21-14-7-8-15-22(21)30-24)18-29-25(19-10-3-1-4-11-19)20-12-5-2-6-13-20/h1-8,10-15,25H,9,16-18H2,(H,26,28). The minimum Gasteiger partial charge on any atom is -0.359 e. The van der Waals surface area contributed by atoms with Crippen LogP contribution in [0.4, 0.5) is 0 Å². The molecule has 30 heavy (non-hydrogen) atoms. The molecule has 0 fully saturated rings. The summed E-state index contributed by atoms with van der Waals surface area (Å²) in [6.07, 6.45) is 1.45. The van der Waals surface area contributed by atoms with Gasteiger partial charge in [-0.15, -0.1) is 11.3 Å². The van der Waals surface area contributed by atoms with Crippen molar-refractivity contribution >= 4 is 27.5 Å². The molecular weight excluding hydrogens is 392 g/mol. The van der Waals surface area contributed by atoms with E-state index in [-0.39, 0.29) is 18.6 Å². The number of hydrogen-bond donors (Lipinski definition) is 1. The SMILES string of the molecule is O=C(COC(c1ccccc1)c1ccccc1)NCCCc1nc2ccccc2s1. The number of nitrogens with one attached hydrogen (secondary N) is 1. The Balaban J connectivity index is 1.26. The number of benzene rings is 3. The Kier molecular flexibility index (Phi) is 6.85. The molecule has 152 valence electrons. The van der Waals surface area contributed by atoms with Crippen molar-refractivity contribution < 1.29 is 9.53 Å². The average molecular weight is 417 g/mol. The molecule has 1 aromatic heterocycles. The molecule has 5 heteroatoms. The van der Waals surface area contributed by atoms with Crippen LogP contribution in [0, 0.1) is 0 Å². The Bertz CT molecular complexity index is 1010. The molecule has 0 spiro atoms. The molecule has 0 unspecified atom stereocenters. The predicted octanol–water partition coefficient (Wildman–Crippen LogP) is 5.15. The van der Waals surface area contributed by atoms with Crippen LogP contribution in [0.15, 0.2) is 84.9 Å². The molecule has 4 aromatic rings. The highest BCUT2D eigenvalue weighted by atomic mass is 32.1. The van der Waals surface area contributed by atoms with Gasteiger partial charge in [-0.25, -0.2) is 4.98 Å². The molecule has 0 radical (unpaired) electrons. The highest BCUT2D eigenvalue weighted by Gasteiger charge is 2.16. The lowest BCUT2D eigenvalue weighted by Gasteiger charge is -2.18. The van der Waals surface area contributed by atoms with E-state index in [1.807, 2.05) is 78.9 Å². The van der Waals surface area contributed by atoms with Crippen LogP contribution in [0.3, 0.4) is 0 Å². The number of para-hydroxylation sites is 1. The maximum absolute atomic E-state index is 12.3. The zero-order valence-corrected chi connectivity index (χ0v) is 17.5. The third-order valence-electron chi connectivity index (χ3n) is 4.81. The number of carbonyl (C=O) groups excluding carboxylic acids is 1. The van der Waals surface area contributed by atoms with Crippen molar-refractivity contribution in [2.45, 2.75) is 18.9 Å². The summed E-state index contributed by atoms with van der Waals surface area (Å²) in [6.45, 7) is 0.634. The van der Waals surface area contributed by atoms with Crippen molar-refractivity contribution in [1.82, 2.24) is 10.3 Å². The number of hydrogen-bond acceptors (Lipinski definition) is 4. The van der Waals surface area contributed by atoms with E-state index in [1.54, 1.807) is 11.3 Å². The lowest BCUT2D eigenvalue weighted by molar-refractivity contribution is -0.127. The fourth-order valence-corrected chi connectivity index (χ4v) is 4.35. The van der Waals surface area contributed by atoms with E-state index < -0.39 is 0 Å². The van der Waals surface area contributed by atoms with E-state index in [2.05, 4.69) is 16.4 Å². The second-order valence-corrected chi connectivity index (χ2v) is 8.16. The number of ether oxygens (including phenoxy) is 1. The van der Waals surface area contributed by atoms with Crippen LogP contribution in [0.25, 0.3) is 10.2 Å². The number of amides is 1. The van der Waals surface area contributed by atoms with Crippen LogP contribution in [0.5, 0.6) is 0 Å². The third-order valence-corrected chi connectivity index (χ3v) is 5.91. The first-order chi connectivity index (χ1) is 14.8. The smallest absolute Gasteiger partial charge is 0.246 e. The minimum absolute atomic E-state index is 0.0234. The van der Waals surface area contributed by atoms with Crippen molar-refractivity contribution in [3.63, 3.8) is 0 Å². The summed E-state index contributed by atoms with van der Waals surface area (Å²) >= 11 is 1.72. The summed E-state index contributed by atoms with van der Waals surface area (Å²) in [5.74, 6) is -0.101. The molecule has 0 aliphatic heterocycles. The van der Waals surface area contributed by atoms with Gasteiger partial charge in [-0.1, -0.05) is 72.8 Å². The van der Waals surface area contributed by atoms with Crippen molar-refractivity contribution in [2.75, 3.05) is 13.2 Å². The molecule has 0 atom stereocenters. The first-order valence-electron chi connectivity index (χ1n) is 10.1. The number of carbonyl (C=O) groups is 1. The number of rotatable bonds is 9. The molecule has 4 nitrogen and oxygen atoms in total. The summed E-state index contributed by atoms with van der Waals surface area (Å²) in [6, 6.07) is 28.1. The van der Waals surface area contributed by atoms with Crippen LogP contribution < -0.4 is 5.32 Å².